The summed E-state index contributed by atoms with van der Waals surface area (Å²) in [6.45, 7) is 3.99. The SMILES string of the molecule is CCN(CC(=O)N(C)C)Cc1ccc(Cl)nc1. The Bertz CT molecular complexity index is 365. The van der Waals surface area contributed by atoms with Gasteiger partial charge in [-0.05, 0) is 18.2 Å². The molecule has 0 atom stereocenters. The van der Waals surface area contributed by atoms with Gasteiger partial charge < -0.3 is 4.90 Å². The summed E-state index contributed by atoms with van der Waals surface area (Å²) in [5, 5.41) is 0.487. The number of carbonyl (C=O) groups is 1. The van der Waals surface area contributed by atoms with Crippen molar-refractivity contribution in [2.45, 2.75) is 13.5 Å². The van der Waals surface area contributed by atoms with E-state index in [1.165, 1.54) is 0 Å². The first kappa shape index (κ1) is 13.9. The van der Waals surface area contributed by atoms with Gasteiger partial charge in [0.15, 0.2) is 0 Å². The highest BCUT2D eigenvalue weighted by atomic mass is 35.5. The minimum atomic E-state index is 0.105. The fourth-order valence-electron chi connectivity index (χ4n) is 1.37. The first-order chi connectivity index (χ1) is 8.02. The highest BCUT2D eigenvalue weighted by molar-refractivity contribution is 6.29. The summed E-state index contributed by atoms with van der Waals surface area (Å²) < 4.78 is 0. The van der Waals surface area contributed by atoms with Crippen molar-refractivity contribution in [3.63, 3.8) is 0 Å². The Hall–Kier alpha value is -1.13. The Morgan fingerprint density at radius 2 is 2.12 bits per heavy atom. The number of likely N-dealkylation sites (N-methyl/N-ethyl adjacent to an activating group) is 2. The van der Waals surface area contributed by atoms with E-state index in [1.807, 2.05) is 13.0 Å². The van der Waals surface area contributed by atoms with Crippen molar-refractivity contribution in [1.29, 1.82) is 0 Å². The van der Waals surface area contributed by atoms with Gasteiger partial charge in [0.2, 0.25) is 5.91 Å². The number of hydrogen-bond donors (Lipinski definition) is 0. The second-order valence-corrected chi connectivity index (χ2v) is 4.47. The molecule has 0 bridgehead atoms. The molecule has 1 heterocycles. The smallest absolute Gasteiger partial charge is 0.236 e. The number of pyridine rings is 1. The topological polar surface area (TPSA) is 36.4 Å². The molecule has 17 heavy (non-hydrogen) atoms. The molecule has 0 saturated carbocycles. The van der Waals surface area contributed by atoms with Gasteiger partial charge in [-0.25, -0.2) is 4.98 Å². The molecule has 0 aliphatic carbocycles. The van der Waals surface area contributed by atoms with Crippen LogP contribution in [0.2, 0.25) is 5.15 Å². The Balaban J connectivity index is 2.57. The fraction of sp³-hybridized carbons (Fsp3) is 0.500. The van der Waals surface area contributed by atoms with Crippen molar-refractivity contribution >= 4 is 17.5 Å². The van der Waals surface area contributed by atoms with Crippen LogP contribution in [0, 0.1) is 0 Å². The molecule has 5 heteroatoms. The number of nitrogens with zero attached hydrogens (tertiary/aromatic N) is 3. The van der Waals surface area contributed by atoms with E-state index in [4.69, 9.17) is 11.6 Å². The second kappa shape index (κ2) is 6.57. The van der Waals surface area contributed by atoms with Crippen LogP contribution in [0.4, 0.5) is 0 Å². The average molecular weight is 256 g/mol. The quantitative estimate of drug-likeness (QED) is 0.751. The van der Waals surface area contributed by atoms with Crippen LogP contribution in [-0.2, 0) is 11.3 Å². The summed E-state index contributed by atoms with van der Waals surface area (Å²) in [5.41, 5.74) is 1.06. The normalized spacial score (nSPS) is 10.6. The van der Waals surface area contributed by atoms with Gasteiger partial charge in [0.05, 0.1) is 6.54 Å². The molecule has 0 radical (unpaired) electrons. The van der Waals surface area contributed by atoms with E-state index < -0.39 is 0 Å². The zero-order valence-corrected chi connectivity index (χ0v) is 11.2. The summed E-state index contributed by atoms with van der Waals surface area (Å²) in [6.07, 6.45) is 1.74. The summed E-state index contributed by atoms with van der Waals surface area (Å²) in [5.74, 6) is 0.105. The number of halogens is 1. The van der Waals surface area contributed by atoms with Gasteiger partial charge in [0.25, 0.3) is 0 Å². The van der Waals surface area contributed by atoms with Crippen LogP contribution in [0.3, 0.4) is 0 Å². The van der Waals surface area contributed by atoms with Crippen molar-refractivity contribution in [1.82, 2.24) is 14.8 Å². The van der Waals surface area contributed by atoms with Gasteiger partial charge in [-0.15, -0.1) is 0 Å². The molecule has 4 nitrogen and oxygen atoms in total. The van der Waals surface area contributed by atoms with E-state index >= 15 is 0 Å². The molecule has 0 N–H and O–H groups in total. The summed E-state index contributed by atoms with van der Waals surface area (Å²) in [4.78, 5) is 19.3. The number of hydrogen-bond acceptors (Lipinski definition) is 3. The first-order valence-electron chi connectivity index (χ1n) is 5.56. The van der Waals surface area contributed by atoms with Crippen molar-refractivity contribution < 1.29 is 4.79 Å². The van der Waals surface area contributed by atoms with Crippen LogP contribution in [0.5, 0.6) is 0 Å². The number of carbonyl (C=O) groups excluding carboxylic acids is 1. The Morgan fingerprint density at radius 1 is 1.41 bits per heavy atom. The first-order valence-corrected chi connectivity index (χ1v) is 5.93. The molecule has 1 aromatic heterocycles. The number of aromatic nitrogens is 1. The van der Waals surface area contributed by atoms with E-state index in [9.17, 15) is 4.79 Å². The third kappa shape index (κ3) is 4.71. The van der Waals surface area contributed by atoms with Crippen molar-refractivity contribution in [3.05, 3.63) is 29.0 Å². The van der Waals surface area contributed by atoms with Gasteiger partial charge in [-0.2, -0.15) is 0 Å². The van der Waals surface area contributed by atoms with Gasteiger partial charge in [-0.3, -0.25) is 9.69 Å². The zero-order chi connectivity index (χ0) is 12.8. The molecule has 0 saturated heterocycles. The van der Waals surface area contributed by atoms with Crippen LogP contribution in [0.15, 0.2) is 18.3 Å². The van der Waals surface area contributed by atoms with Crippen LogP contribution in [-0.4, -0.2) is 47.9 Å². The van der Waals surface area contributed by atoms with Crippen LogP contribution in [0.25, 0.3) is 0 Å². The van der Waals surface area contributed by atoms with Crippen molar-refractivity contribution in [2.75, 3.05) is 27.2 Å². The van der Waals surface area contributed by atoms with Crippen molar-refractivity contribution in [2.24, 2.45) is 0 Å². The molecule has 1 aromatic rings. The van der Waals surface area contributed by atoms with E-state index in [0.29, 0.717) is 18.2 Å². The predicted octanol–water partition coefficient (Wildman–Crippen LogP) is 1.65. The maximum absolute atomic E-state index is 11.6. The molecule has 1 rings (SSSR count). The lowest BCUT2D eigenvalue weighted by atomic mass is 10.2. The zero-order valence-electron chi connectivity index (χ0n) is 10.5. The predicted molar refractivity (Wildman–Crippen MR) is 68.9 cm³/mol. The van der Waals surface area contributed by atoms with Gasteiger partial charge in [0.1, 0.15) is 5.15 Å². The summed E-state index contributed by atoms with van der Waals surface area (Å²) >= 11 is 5.72. The van der Waals surface area contributed by atoms with Crippen LogP contribution in [0.1, 0.15) is 12.5 Å². The molecular weight excluding hydrogens is 238 g/mol. The van der Waals surface area contributed by atoms with Gasteiger partial charge in [0, 0.05) is 26.8 Å². The lowest BCUT2D eigenvalue weighted by Gasteiger charge is -2.21. The molecule has 0 spiro atoms. The van der Waals surface area contributed by atoms with Crippen LogP contribution >= 0.6 is 11.6 Å². The van der Waals surface area contributed by atoms with E-state index in [1.54, 1.807) is 31.3 Å². The molecule has 0 fully saturated rings. The number of rotatable bonds is 5. The lowest BCUT2D eigenvalue weighted by Crippen LogP contribution is -2.36. The third-order valence-corrected chi connectivity index (χ3v) is 2.72. The highest BCUT2D eigenvalue weighted by Crippen LogP contribution is 2.08. The molecule has 0 aromatic carbocycles. The number of amides is 1. The standard InChI is InChI=1S/C12H18ClN3O/c1-4-16(9-12(17)15(2)3)8-10-5-6-11(13)14-7-10/h5-7H,4,8-9H2,1-3H3. The minimum Gasteiger partial charge on any atom is -0.348 e. The summed E-state index contributed by atoms with van der Waals surface area (Å²) in [6, 6.07) is 3.69. The Morgan fingerprint density at radius 3 is 2.59 bits per heavy atom. The minimum absolute atomic E-state index is 0.105. The third-order valence-electron chi connectivity index (χ3n) is 2.50. The largest absolute Gasteiger partial charge is 0.348 e. The van der Waals surface area contributed by atoms with Gasteiger partial charge in [-0.1, -0.05) is 24.6 Å². The molecule has 94 valence electrons. The molecular formula is C12H18ClN3O. The monoisotopic (exact) mass is 255 g/mol. The van der Waals surface area contributed by atoms with Crippen LogP contribution < -0.4 is 0 Å². The maximum Gasteiger partial charge on any atom is 0.236 e. The van der Waals surface area contributed by atoms with E-state index in [2.05, 4.69) is 9.88 Å². The highest BCUT2D eigenvalue weighted by Gasteiger charge is 2.11. The Labute approximate surface area is 107 Å². The van der Waals surface area contributed by atoms with E-state index in [0.717, 1.165) is 12.1 Å². The molecule has 0 aliphatic heterocycles. The lowest BCUT2D eigenvalue weighted by molar-refractivity contribution is -0.130. The molecule has 0 aliphatic rings. The van der Waals surface area contributed by atoms with Gasteiger partial charge >= 0.3 is 0 Å². The Kier molecular flexibility index (Phi) is 5.38. The average Bonchev–Trinajstić information content (AvgIpc) is 2.30. The molecule has 0 unspecified atom stereocenters. The fourth-order valence-corrected chi connectivity index (χ4v) is 1.48. The second-order valence-electron chi connectivity index (χ2n) is 4.08. The van der Waals surface area contributed by atoms with Crippen molar-refractivity contribution in [3.8, 4) is 0 Å². The summed E-state index contributed by atoms with van der Waals surface area (Å²) in [7, 11) is 3.53. The maximum atomic E-state index is 11.6. The molecule has 1 amide bonds. The van der Waals surface area contributed by atoms with E-state index in [-0.39, 0.29) is 5.91 Å².